The van der Waals surface area contributed by atoms with E-state index in [1.807, 2.05) is 13.0 Å². The normalized spacial score (nSPS) is 24.0. The van der Waals surface area contributed by atoms with Crippen LogP contribution in [0.15, 0.2) is 12.1 Å². The summed E-state index contributed by atoms with van der Waals surface area (Å²) in [5.74, 6) is 0.443. The van der Waals surface area contributed by atoms with Crippen LogP contribution < -0.4 is 5.73 Å². The second kappa shape index (κ2) is 4.02. The minimum absolute atomic E-state index is 0.163. The Bertz CT molecular complexity index is 431. The number of Topliss-reactive ketones (excluding diaryl/α,β-unsaturated/α-hetero) is 1. The monoisotopic (exact) mass is 217 g/mol. The topological polar surface area (TPSA) is 43.1 Å². The summed E-state index contributed by atoms with van der Waals surface area (Å²) >= 11 is 0. The van der Waals surface area contributed by atoms with Gasteiger partial charge in [-0.15, -0.1) is 0 Å². The molecule has 2 heteroatoms. The molecule has 1 aromatic rings. The molecule has 2 N–H and O–H groups in total. The lowest BCUT2D eigenvalue weighted by molar-refractivity contribution is 0.0832. The Morgan fingerprint density at radius 2 is 1.69 bits per heavy atom. The molecule has 1 fully saturated rings. The molecule has 0 aliphatic heterocycles. The van der Waals surface area contributed by atoms with E-state index in [0.29, 0.717) is 0 Å². The van der Waals surface area contributed by atoms with Gasteiger partial charge in [-0.25, -0.2) is 0 Å². The van der Waals surface area contributed by atoms with E-state index < -0.39 is 0 Å². The average Bonchev–Trinajstić information content (AvgIpc) is 2.18. The number of benzene rings is 1. The van der Waals surface area contributed by atoms with Crippen LogP contribution in [0.25, 0.3) is 0 Å². The van der Waals surface area contributed by atoms with Crippen molar-refractivity contribution in [3.63, 3.8) is 0 Å². The van der Waals surface area contributed by atoms with Crippen LogP contribution in [0, 0.1) is 26.7 Å². The van der Waals surface area contributed by atoms with Gasteiger partial charge < -0.3 is 5.73 Å². The molecule has 0 atom stereocenters. The molecule has 1 aromatic carbocycles. The molecular weight excluding hydrogens is 198 g/mol. The van der Waals surface area contributed by atoms with Gasteiger partial charge in [0.1, 0.15) is 0 Å². The SMILES string of the molecule is Cc1cc(C)c(C(=O)C2CC(N)C2)cc1C. The molecule has 0 aromatic heterocycles. The van der Waals surface area contributed by atoms with Crippen molar-refractivity contribution in [3.05, 3.63) is 34.4 Å². The number of hydrogen-bond donors (Lipinski definition) is 1. The Labute approximate surface area is 96.8 Å². The maximum Gasteiger partial charge on any atom is 0.166 e. The van der Waals surface area contributed by atoms with Crippen LogP contribution in [-0.2, 0) is 0 Å². The van der Waals surface area contributed by atoms with Gasteiger partial charge in [0.15, 0.2) is 5.78 Å². The van der Waals surface area contributed by atoms with Gasteiger partial charge in [-0.1, -0.05) is 6.07 Å². The van der Waals surface area contributed by atoms with Gasteiger partial charge in [0.25, 0.3) is 0 Å². The number of ketones is 1. The zero-order valence-electron chi connectivity index (χ0n) is 10.2. The van der Waals surface area contributed by atoms with Gasteiger partial charge in [-0.3, -0.25) is 4.79 Å². The number of hydrogen-bond acceptors (Lipinski definition) is 2. The fraction of sp³-hybridized carbons (Fsp3) is 0.500. The van der Waals surface area contributed by atoms with Crippen molar-refractivity contribution in [2.45, 2.75) is 39.7 Å². The first-order valence-electron chi connectivity index (χ1n) is 5.86. The molecule has 0 saturated heterocycles. The average molecular weight is 217 g/mol. The summed E-state index contributed by atoms with van der Waals surface area (Å²) < 4.78 is 0. The maximum atomic E-state index is 12.2. The first kappa shape index (κ1) is 11.3. The molecular formula is C14H19NO. The molecule has 0 amide bonds. The molecule has 1 saturated carbocycles. The van der Waals surface area contributed by atoms with E-state index in [9.17, 15) is 4.79 Å². The fourth-order valence-corrected chi connectivity index (χ4v) is 2.32. The van der Waals surface area contributed by atoms with Gasteiger partial charge in [0.2, 0.25) is 0 Å². The molecule has 0 spiro atoms. The first-order chi connectivity index (χ1) is 7.49. The van der Waals surface area contributed by atoms with Crippen molar-refractivity contribution in [3.8, 4) is 0 Å². The molecule has 2 nitrogen and oxygen atoms in total. The van der Waals surface area contributed by atoms with Crippen molar-refractivity contribution >= 4 is 5.78 Å². The summed E-state index contributed by atoms with van der Waals surface area (Å²) in [4.78, 5) is 12.2. The van der Waals surface area contributed by atoms with E-state index in [2.05, 4.69) is 19.9 Å². The molecule has 0 unspecified atom stereocenters. The van der Waals surface area contributed by atoms with Gasteiger partial charge >= 0.3 is 0 Å². The molecule has 0 bridgehead atoms. The Kier molecular flexibility index (Phi) is 2.85. The van der Waals surface area contributed by atoms with Crippen LogP contribution in [0.5, 0.6) is 0 Å². The van der Waals surface area contributed by atoms with Crippen molar-refractivity contribution in [1.29, 1.82) is 0 Å². The molecule has 2 rings (SSSR count). The Morgan fingerprint density at radius 1 is 1.12 bits per heavy atom. The Hall–Kier alpha value is -1.15. The second-order valence-electron chi connectivity index (χ2n) is 5.04. The van der Waals surface area contributed by atoms with Gasteiger partial charge in [0, 0.05) is 17.5 Å². The zero-order chi connectivity index (χ0) is 11.9. The van der Waals surface area contributed by atoms with E-state index in [1.54, 1.807) is 0 Å². The summed E-state index contributed by atoms with van der Waals surface area (Å²) in [5.41, 5.74) is 10.1. The number of carbonyl (C=O) groups is 1. The predicted molar refractivity (Wildman–Crippen MR) is 65.7 cm³/mol. The summed E-state index contributed by atoms with van der Waals surface area (Å²) in [6.45, 7) is 6.15. The minimum Gasteiger partial charge on any atom is -0.328 e. The van der Waals surface area contributed by atoms with E-state index in [-0.39, 0.29) is 17.7 Å². The van der Waals surface area contributed by atoms with E-state index >= 15 is 0 Å². The lowest BCUT2D eigenvalue weighted by Crippen LogP contribution is -2.40. The van der Waals surface area contributed by atoms with Crippen LogP contribution in [0.1, 0.15) is 39.9 Å². The molecule has 1 aliphatic carbocycles. The molecule has 1 aliphatic rings. The summed E-state index contributed by atoms with van der Waals surface area (Å²) in [7, 11) is 0. The largest absolute Gasteiger partial charge is 0.328 e. The maximum absolute atomic E-state index is 12.2. The van der Waals surface area contributed by atoms with Crippen LogP contribution in [-0.4, -0.2) is 11.8 Å². The van der Waals surface area contributed by atoms with Crippen molar-refractivity contribution in [2.75, 3.05) is 0 Å². The van der Waals surface area contributed by atoms with Gasteiger partial charge in [0.05, 0.1) is 0 Å². The fourth-order valence-electron chi connectivity index (χ4n) is 2.32. The quantitative estimate of drug-likeness (QED) is 0.773. The van der Waals surface area contributed by atoms with E-state index in [4.69, 9.17) is 5.73 Å². The van der Waals surface area contributed by atoms with Crippen molar-refractivity contribution in [2.24, 2.45) is 11.7 Å². The highest BCUT2D eigenvalue weighted by molar-refractivity contribution is 6.00. The van der Waals surface area contributed by atoms with E-state index in [0.717, 1.165) is 24.0 Å². The number of nitrogens with two attached hydrogens (primary N) is 1. The summed E-state index contributed by atoms with van der Waals surface area (Å²) in [6, 6.07) is 4.36. The highest BCUT2D eigenvalue weighted by atomic mass is 16.1. The third-order valence-electron chi connectivity index (χ3n) is 3.65. The molecule has 0 radical (unpaired) electrons. The third-order valence-corrected chi connectivity index (χ3v) is 3.65. The first-order valence-corrected chi connectivity index (χ1v) is 5.86. The van der Waals surface area contributed by atoms with E-state index in [1.165, 1.54) is 11.1 Å². The second-order valence-corrected chi connectivity index (χ2v) is 5.04. The lowest BCUT2D eigenvalue weighted by Gasteiger charge is -2.31. The van der Waals surface area contributed by atoms with Crippen LogP contribution in [0.3, 0.4) is 0 Å². The van der Waals surface area contributed by atoms with Crippen molar-refractivity contribution < 1.29 is 4.79 Å². The minimum atomic E-state index is 0.163. The third kappa shape index (κ3) is 1.90. The lowest BCUT2D eigenvalue weighted by atomic mass is 9.75. The number of rotatable bonds is 2. The van der Waals surface area contributed by atoms with Crippen LogP contribution in [0.2, 0.25) is 0 Å². The van der Waals surface area contributed by atoms with Crippen LogP contribution in [0.4, 0.5) is 0 Å². The molecule has 16 heavy (non-hydrogen) atoms. The molecule has 86 valence electrons. The summed E-state index contributed by atoms with van der Waals surface area (Å²) in [6.07, 6.45) is 1.70. The smallest absolute Gasteiger partial charge is 0.166 e. The highest BCUT2D eigenvalue weighted by Crippen LogP contribution is 2.30. The Balaban J connectivity index is 2.27. The predicted octanol–water partition coefficient (Wildman–Crippen LogP) is 2.53. The Morgan fingerprint density at radius 3 is 2.25 bits per heavy atom. The zero-order valence-corrected chi connectivity index (χ0v) is 10.2. The number of carbonyl (C=O) groups excluding carboxylic acids is 1. The van der Waals surface area contributed by atoms with Gasteiger partial charge in [-0.2, -0.15) is 0 Å². The van der Waals surface area contributed by atoms with Crippen molar-refractivity contribution in [1.82, 2.24) is 0 Å². The van der Waals surface area contributed by atoms with Gasteiger partial charge in [-0.05, 0) is 56.4 Å². The van der Waals surface area contributed by atoms with Crippen LogP contribution >= 0.6 is 0 Å². The summed E-state index contributed by atoms with van der Waals surface area (Å²) in [5, 5.41) is 0. The molecule has 0 heterocycles. The highest BCUT2D eigenvalue weighted by Gasteiger charge is 2.33. The number of aryl methyl sites for hydroxylation is 3. The standard InChI is InChI=1S/C14H19NO/c1-8-4-10(3)13(5-9(8)2)14(16)11-6-12(15)7-11/h4-5,11-12H,6-7,15H2,1-3H3.